The second-order valence-electron chi connectivity index (χ2n) is 5.76. The lowest BCUT2D eigenvalue weighted by molar-refractivity contribution is -0.384. The van der Waals surface area contributed by atoms with Crippen molar-refractivity contribution >= 4 is 33.6 Å². The van der Waals surface area contributed by atoms with Crippen LogP contribution in [0.25, 0.3) is 33.2 Å². The molecule has 0 aliphatic heterocycles. The number of methoxy groups -OCH3 is 1. The molecular weight excluding hydrogens is 352 g/mol. The Balaban J connectivity index is 2.09. The molecular formula is C19H12N2O6. The van der Waals surface area contributed by atoms with Crippen LogP contribution >= 0.6 is 0 Å². The van der Waals surface area contributed by atoms with Gasteiger partial charge in [0.1, 0.15) is 5.58 Å². The van der Waals surface area contributed by atoms with Gasteiger partial charge in [0.15, 0.2) is 11.3 Å². The summed E-state index contributed by atoms with van der Waals surface area (Å²) in [4.78, 5) is 26.5. The van der Waals surface area contributed by atoms with E-state index >= 15 is 0 Å². The topological polar surface area (TPSA) is 116 Å². The quantitative estimate of drug-likeness (QED) is 0.425. The van der Waals surface area contributed by atoms with Crippen LogP contribution in [0.3, 0.4) is 0 Å². The summed E-state index contributed by atoms with van der Waals surface area (Å²) >= 11 is 0. The number of nitro groups is 1. The van der Waals surface area contributed by atoms with E-state index in [1.54, 1.807) is 18.2 Å². The molecule has 8 heteroatoms. The Morgan fingerprint density at radius 3 is 2.52 bits per heavy atom. The molecule has 0 saturated heterocycles. The van der Waals surface area contributed by atoms with E-state index in [0.717, 1.165) is 0 Å². The third kappa shape index (κ3) is 2.54. The minimum atomic E-state index is -1.11. The number of non-ortho nitro benzene ring substituents is 1. The molecule has 0 radical (unpaired) electrons. The highest BCUT2D eigenvalue weighted by molar-refractivity contribution is 6.19. The summed E-state index contributed by atoms with van der Waals surface area (Å²) in [7, 11) is 1.47. The summed E-state index contributed by atoms with van der Waals surface area (Å²) < 4.78 is 11.2. The minimum absolute atomic E-state index is 0.0455. The second-order valence-corrected chi connectivity index (χ2v) is 5.76. The minimum Gasteiger partial charge on any atom is -0.493 e. The fourth-order valence-corrected chi connectivity index (χ4v) is 3.09. The summed E-state index contributed by atoms with van der Waals surface area (Å²) in [5.74, 6) is -0.704. The van der Waals surface area contributed by atoms with Gasteiger partial charge in [0.2, 0.25) is 0 Å². The second kappa shape index (κ2) is 6.10. The number of furan rings is 1. The highest BCUT2D eigenvalue weighted by atomic mass is 16.6. The Morgan fingerprint density at radius 1 is 1.15 bits per heavy atom. The number of carbonyl (C=O) groups is 1. The average Bonchev–Trinajstić information content (AvgIpc) is 3.06. The molecule has 0 spiro atoms. The molecule has 2 heterocycles. The fraction of sp³-hybridized carbons (Fsp3) is 0.0526. The largest absolute Gasteiger partial charge is 0.493 e. The van der Waals surface area contributed by atoms with E-state index in [1.807, 2.05) is 0 Å². The molecule has 0 fully saturated rings. The molecule has 0 unspecified atom stereocenters. The molecule has 0 saturated carbocycles. The number of nitro benzene ring substituents is 1. The first kappa shape index (κ1) is 16.5. The van der Waals surface area contributed by atoms with Gasteiger partial charge in [-0.25, -0.2) is 4.79 Å². The number of aromatic carboxylic acids is 1. The molecule has 27 heavy (non-hydrogen) atoms. The number of ether oxygens (including phenoxy) is 1. The predicted molar refractivity (Wildman–Crippen MR) is 97.1 cm³/mol. The van der Waals surface area contributed by atoms with E-state index in [4.69, 9.17) is 9.15 Å². The van der Waals surface area contributed by atoms with E-state index in [9.17, 15) is 20.0 Å². The summed E-state index contributed by atoms with van der Waals surface area (Å²) in [6.07, 6.45) is 1.54. The summed E-state index contributed by atoms with van der Waals surface area (Å²) in [6, 6.07) is 10.5. The van der Waals surface area contributed by atoms with Crippen LogP contribution < -0.4 is 4.74 Å². The van der Waals surface area contributed by atoms with Crippen LogP contribution in [-0.2, 0) is 0 Å². The normalized spacial score (nSPS) is 11.0. The first-order valence-corrected chi connectivity index (χ1v) is 7.87. The lowest BCUT2D eigenvalue weighted by Gasteiger charge is -2.05. The van der Waals surface area contributed by atoms with Crippen LogP contribution in [0.4, 0.5) is 5.69 Å². The van der Waals surface area contributed by atoms with Gasteiger partial charge >= 0.3 is 5.97 Å². The number of nitrogens with zero attached hydrogens (tertiary/aromatic N) is 2. The maximum absolute atomic E-state index is 11.7. The Labute approximate surface area is 151 Å². The molecule has 4 aromatic rings. The van der Waals surface area contributed by atoms with Crippen LogP contribution in [0.15, 0.2) is 53.1 Å². The van der Waals surface area contributed by atoms with E-state index in [1.165, 1.54) is 37.6 Å². The van der Waals surface area contributed by atoms with E-state index < -0.39 is 10.9 Å². The lowest BCUT2D eigenvalue weighted by atomic mass is 10.0. The van der Waals surface area contributed by atoms with Crippen LogP contribution in [0.1, 0.15) is 10.4 Å². The molecule has 134 valence electrons. The number of rotatable bonds is 4. The highest BCUT2D eigenvalue weighted by Crippen LogP contribution is 2.41. The molecule has 0 aliphatic rings. The number of carboxylic acid groups (broad SMARTS) is 1. The standard InChI is InChI=1S/C19H12N2O6/c1-26-14-7-6-12(19(22)23)15-16-13(27-18(14)15)8-9-20-17(16)10-2-4-11(5-3-10)21(24)25/h2-9H,1H3,(H,22,23). The third-order valence-electron chi connectivity index (χ3n) is 4.30. The molecule has 2 aromatic heterocycles. The van der Waals surface area contributed by atoms with Crippen molar-refractivity contribution in [3.63, 3.8) is 0 Å². The number of aromatic nitrogens is 1. The molecule has 2 aromatic carbocycles. The Bertz CT molecular complexity index is 1210. The van der Waals surface area contributed by atoms with Crippen molar-refractivity contribution in [3.05, 3.63) is 64.3 Å². The van der Waals surface area contributed by atoms with Gasteiger partial charge in [-0.1, -0.05) is 0 Å². The Kier molecular flexibility index (Phi) is 3.73. The third-order valence-corrected chi connectivity index (χ3v) is 4.30. The van der Waals surface area contributed by atoms with Gasteiger partial charge in [0, 0.05) is 29.3 Å². The summed E-state index contributed by atoms with van der Waals surface area (Å²) in [5.41, 5.74) is 1.84. The van der Waals surface area contributed by atoms with Crippen LogP contribution in [0, 0.1) is 10.1 Å². The first-order valence-electron chi connectivity index (χ1n) is 7.87. The number of benzene rings is 2. The Hall–Kier alpha value is -3.94. The van der Waals surface area contributed by atoms with Gasteiger partial charge in [0.25, 0.3) is 5.69 Å². The fourth-order valence-electron chi connectivity index (χ4n) is 3.09. The van der Waals surface area contributed by atoms with Crippen molar-refractivity contribution in [3.8, 4) is 17.0 Å². The van der Waals surface area contributed by atoms with Crippen molar-refractivity contribution in [1.82, 2.24) is 4.98 Å². The smallest absolute Gasteiger partial charge is 0.336 e. The van der Waals surface area contributed by atoms with Gasteiger partial charge in [-0.3, -0.25) is 15.1 Å². The Morgan fingerprint density at radius 2 is 1.89 bits per heavy atom. The molecule has 8 nitrogen and oxygen atoms in total. The molecule has 0 aliphatic carbocycles. The van der Waals surface area contributed by atoms with E-state index in [-0.39, 0.29) is 11.3 Å². The zero-order valence-corrected chi connectivity index (χ0v) is 14.0. The van der Waals surface area contributed by atoms with E-state index in [0.29, 0.717) is 38.9 Å². The molecule has 0 atom stereocenters. The van der Waals surface area contributed by atoms with Gasteiger partial charge in [-0.15, -0.1) is 0 Å². The maximum atomic E-state index is 11.7. The van der Waals surface area contributed by atoms with Crippen molar-refractivity contribution in [1.29, 1.82) is 0 Å². The number of hydrogen-bond donors (Lipinski definition) is 1. The molecule has 0 bridgehead atoms. The number of hydrogen-bond acceptors (Lipinski definition) is 6. The highest BCUT2D eigenvalue weighted by Gasteiger charge is 2.22. The van der Waals surface area contributed by atoms with Crippen LogP contribution in [0.2, 0.25) is 0 Å². The monoisotopic (exact) mass is 364 g/mol. The molecule has 4 rings (SSSR count). The van der Waals surface area contributed by atoms with Gasteiger partial charge in [0.05, 0.1) is 28.7 Å². The van der Waals surface area contributed by atoms with E-state index in [2.05, 4.69) is 4.98 Å². The zero-order chi connectivity index (χ0) is 19.1. The predicted octanol–water partition coefficient (Wildman–Crippen LogP) is 4.26. The SMILES string of the molecule is COc1ccc(C(=O)O)c2c1oc1ccnc(-c3ccc([N+](=O)[O-])cc3)c12. The average molecular weight is 364 g/mol. The van der Waals surface area contributed by atoms with Crippen molar-refractivity contribution < 1.29 is 24.0 Å². The number of fused-ring (bicyclic) bond motifs is 3. The molecule has 1 N–H and O–H groups in total. The van der Waals surface area contributed by atoms with Gasteiger partial charge in [-0.05, 0) is 30.3 Å². The van der Waals surface area contributed by atoms with Crippen LogP contribution in [0.5, 0.6) is 5.75 Å². The number of pyridine rings is 1. The molecule has 0 amide bonds. The van der Waals surface area contributed by atoms with Crippen molar-refractivity contribution in [2.75, 3.05) is 7.11 Å². The summed E-state index contributed by atoms with van der Waals surface area (Å²) in [6.45, 7) is 0. The summed E-state index contributed by atoms with van der Waals surface area (Å²) in [5, 5.41) is 21.4. The van der Waals surface area contributed by atoms with Gasteiger partial charge < -0.3 is 14.3 Å². The first-order chi connectivity index (χ1) is 13.0. The van der Waals surface area contributed by atoms with Crippen molar-refractivity contribution in [2.24, 2.45) is 0 Å². The number of carboxylic acids is 1. The van der Waals surface area contributed by atoms with Crippen LogP contribution in [-0.4, -0.2) is 28.1 Å². The van der Waals surface area contributed by atoms with Crippen molar-refractivity contribution in [2.45, 2.75) is 0 Å². The maximum Gasteiger partial charge on any atom is 0.336 e. The van der Waals surface area contributed by atoms with Gasteiger partial charge in [-0.2, -0.15) is 0 Å². The lowest BCUT2D eigenvalue weighted by Crippen LogP contribution is -1.98. The zero-order valence-electron chi connectivity index (χ0n) is 14.0.